The van der Waals surface area contributed by atoms with Crippen LogP contribution >= 0.6 is 0 Å². The molecule has 1 N–H and O–H groups in total. The van der Waals surface area contributed by atoms with Gasteiger partial charge in [-0.2, -0.15) is 0 Å². The summed E-state index contributed by atoms with van der Waals surface area (Å²) in [5.41, 5.74) is 0.938. The Hall–Kier alpha value is -1.46. The number of nitrogens with zero attached hydrogens (tertiary/aromatic N) is 2. The minimum atomic E-state index is -0.0151. The van der Waals surface area contributed by atoms with E-state index in [1.165, 1.54) is 0 Å². The van der Waals surface area contributed by atoms with Crippen LogP contribution in [0.25, 0.3) is 0 Å². The first-order valence-corrected chi connectivity index (χ1v) is 6.63. The molecule has 1 amide bonds. The van der Waals surface area contributed by atoms with E-state index in [4.69, 9.17) is 4.74 Å². The summed E-state index contributed by atoms with van der Waals surface area (Å²) in [4.78, 5) is 18.0. The second-order valence-corrected chi connectivity index (χ2v) is 4.74. The van der Waals surface area contributed by atoms with Gasteiger partial charge in [-0.15, -0.1) is 0 Å². The number of pyridine rings is 1. The Morgan fingerprint density at radius 1 is 1.53 bits per heavy atom. The number of likely N-dealkylation sites (tertiary alicyclic amines) is 1. The number of hydrogen-bond acceptors (Lipinski definition) is 4. The monoisotopic (exact) mass is 264 g/mol. The number of amides is 1. The van der Waals surface area contributed by atoms with Crippen LogP contribution in [0.5, 0.6) is 0 Å². The summed E-state index contributed by atoms with van der Waals surface area (Å²) < 4.78 is 5.15. The molecule has 2 atom stereocenters. The fourth-order valence-electron chi connectivity index (χ4n) is 2.47. The molecule has 5 nitrogen and oxygen atoms in total. The molecule has 1 aromatic heterocycles. The van der Waals surface area contributed by atoms with Crippen molar-refractivity contribution in [3.63, 3.8) is 0 Å². The standard InChI is InChI=1S/C14H20N2O3/c1-2-19-10-14(18)16-7-11(9-17)12(8-16)13-5-3-4-6-15-13/h3-6,11-12,17H,2,7-10H2,1H3/t11-,12+/m0/s1. The molecule has 0 radical (unpaired) electrons. The molecule has 0 spiro atoms. The number of hydrogen-bond donors (Lipinski definition) is 1. The van der Waals surface area contributed by atoms with E-state index >= 15 is 0 Å². The maximum atomic E-state index is 11.9. The van der Waals surface area contributed by atoms with Crippen molar-refractivity contribution < 1.29 is 14.6 Å². The van der Waals surface area contributed by atoms with Gasteiger partial charge in [-0.3, -0.25) is 9.78 Å². The first-order valence-electron chi connectivity index (χ1n) is 6.63. The highest BCUT2D eigenvalue weighted by molar-refractivity contribution is 5.77. The summed E-state index contributed by atoms with van der Waals surface area (Å²) in [7, 11) is 0. The van der Waals surface area contributed by atoms with E-state index in [1.54, 1.807) is 11.1 Å². The van der Waals surface area contributed by atoms with E-state index in [9.17, 15) is 9.90 Å². The van der Waals surface area contributed by atoms with Gasteiger partial charge < -0.3 is 14.7 Å². The molecule has 2 heterocycles. The Labute approximate surface area is 113 Å². The highest BCUT2D eigenvalue weighted by atomic mass is 16.5. The Balaban J connectivity index is 2.04. The Morgan fingerprint density at radius 2 is 2.37 bits per heavy atom. The second-order valence-electron chi connectivity index (χ2n) is 4.74. The van der Waals surface area contributed by atoms with Crippen LogP contribution in [0.2, 0.25) is 0 Å². The number of rotatable bonds is 5. The quantitative estimate of drug-likeness (QED) is 0.848. The van der Waals surface area contributed by atoms with Gasteiger partial charge in [0.1, 0.15) is 6.61 Å². The third kappa shape index (κ3) is 3.30. The number of carbonyl (C=O) groups excluding carboxylic acids is 1. The van der Waals surface area contributed by atoms with Crippen molar-refractivity contribution in [2.75, 3.05) is 32.9 Å². The van der Waals surface area contributed by atoms with Gasteiger partial charge >= 0.3 is 0 Å². The van der Waals surface area contributed by atoms with Crippen molar-refractivity contribution in [2.45, 2.75) is 12.8 Å². The minimum absolute atomic E-state index is 0.0151. The largest absolute Gasteiger partial charge is 0.396 e. The summed E-state index contributed by atoms with van der Waals surface area (Å²) in [6.07, 6.45) is 1.74. The molecule has 5 heteroatoms. The fraction of sp³-hybridized carbons (Fsp3) is 0.571. The first-order chi connectivity index (χ1) is 9.26. The summed E-state index contributed by atoms with van der Waals surface area (Å²) in [6.45, 7) is 3.76. The Bertz CT molecular complexity index is 410. The maximum absolute atomic E-state index is 11.9. The smallest absolute Gasteiger partial charge is 0.248 e. The van der Waals surface area contributed by atoms with Crippen LogP contribution in [-0.2, 0) is 9.53 Å². The molecule has 104 valence electrons. The SMILES string of the molecule is CCOCC(=O)N1C[C@@H](CO)[C@H](c2ccccn2)C1. The predicted molar refractivity (Wildman–Crippen MR) is 70.6 cm³/mol. The summed E-state index contributed by atoms with van der Waals surface area (Å²) >= 11 is 0. The van der Waals surface area contributed by atoms with Crippen LogP contribution in [0.4, 0.5) is 0 Å². The lowest BCUT2D eigenvalue weighted by atomic mass is 9.93. The average Bonchev–Trinajstić information content (AvgIpc) is 2.90. The van der Waals surface area contributed by atoms with Crippen molar-refractivity contribution in [2.24, 2.45) is 5.92 Å². The molecule has 0 aliphatic carbocycles. The number of ether oxygens (including phenoxy) is 1. The second kappa shape index (κ2) is 6.63. The van der Waals surface area contributed by atoms with Gasteiger partial charge in [0.2, 0.25) is 5.91 Å². The zero-order valence-corrected chi connectivity index (χ0v) is 11.2. The van der Waals surface area contributed by atoms with Gasteiger partial charge in [0, 0.05) is 50.0 Å². The highest BCUT2D eigenvalue weighted by Crippen LogP contribution is 2.31. The van der Waals surface area contributed by atoms with Gasteiger partial charge in [-0.1, -0.05) is 6.07 Å². The number of aliphatic hydroxyl groups is 1. The van der Waals surface area contributed by atoms with Crippen LogP contribution in [0.3, 0.4) is 0 Å². The molecule has 0 aromatic carbocycles. The van der Waals surface area contributed by atoms with Gasteiger partial charge in [-0.05, 0) is 19.1 Å². The van der Waals surface area contributed by atoms with Crippen LogP contribution in [0.15, 0.2) is 24.4 Å². The fourth-order valence-corrected chi connectivity index (χ4v) is 2.47. The van der Waals surface area contributed by atoms with Crippen LogP contribution in [0.1, 0.15) is 18.5 Å². The maximum Gasteiger partial charge on any atom is 0.248 e. The lowest BCUT2D eigenvalue weighted by molar-refractivity contribution is -0.135. The van der Waals surface area contributed by atoms with Crippen LogP contribution in [0, 0.1) is 5.92 Å². The van der Waals surface area contributed by atoms with E-state index in [0.717, 1.165) is 5.69 Å². The summed E-state index contributed by atoms with van der Waals surface area (Å²) in [5, 5.41) is 9.48. The van der Waals surface area contributed by atoms with E-state index < -0.39 is 0 Å². The molecule has 1 saturated heterocycles. The van der Waals surface area contributed by atoms with Crippen molar-refractivity contribution in [1.82, 2.24) is 9.88 Å². The van der Waals surface area contributed by atoms with E-state index in [-0.39, 0.29) is 31.0 Å². The predicted octanol–water partition coefficient (Wildman–Crippen LogP) is 0.652. The third-order valence-electron chi connectivity index (χ3n) is 3.53. The molecular weight excluding hydrogens is 244 g/mol. The molecule has 0 bridgehead atoms. The summed E-state index contributed by atoms with van der Waals surface area (Å²) in [5.74, 6) is 0.149. The Morgan fingerprint density at radius 3 is 3.00 bits per heavy atom. The normalized spacial score (nSPS) is 22.7. The molecule has 2 rings (SSSR count). The van der Waals surface area contributed by atoms with Crippen molar-refractivity contribution in [3.05, 3.63) is 30.1 Å². The molecule has 1 aliphatic rings. The summed E-state index contributed by atoms with van der Waals surface area (Å²) in [6, 6.07) is 5.75. The zero-order valence-electron chi connectivity index (χ0n) is 11.2. The minimum Gasteiger partial charge on any atom is -0.396 e. The topological polar surface area (TPSA) is 62.7 Å². The number of carbonyl (C=O) groups is 1. The molecule has 0 saturated carbocycles. The Kier molecular flexibility index (Phi) is 4.87. The van der Waals surface area contributed by atoms with Crippen molar-refractivity contribution >= 4 is 5.91 Å². The first kappa shape index (κ1) is 14.0. The van der Waals surface area contributed by atoms with E-state index in [1.807, 2.05) is 25.1 Å². The highest BCUT2D eigenvalue weighted by Gasteiger charge is 2.36. The third-order valence-corrected chi connectivity index (χ3v) is 3.53. The molecule has 1 aliphatic heterocycles. The van der Waals surface area contributed by atoms with Crippen molar-refractivity contribution in [3.8, 4) is 0 Å². The molecule has 1 aromatic rings. The molecule has 19 heavy (non-hydrogen) atoms. The molecule has 1 fully saturated rings. The van der Waals surface area contributed by atoms with E-state index in [0.29, 0.717) is 19.7 Å². The lowest BCUT2D eigenvalue weighted by Gasteiger charge is -2.16. The van der Waals surface area contributed by atoms with Gasteiger partial charge in [0.25, 0.3) is 0 Å². The van der Waals surface area contributed by atoms with Gasteiger partial charge in [0.15, 0.2) is 0 Å². The average molecular weight is 264 g/mol. The van der Waals surface area contributed by atoms with Gasteiger partial charge in [-0.25, -0.2) is 0 Å². The number of aromatic nitrogens is 1. The van der Waals surface area contributed by atoms with Crippen LogP contribution in [-0.4, -0.2) is 53.8 Å². The van der Waals surface area contributed by atoms with Crippen LogP contribution < -0.4 is 0 Å². The number of aliphatic hydroxyl groups excluding tert-OH is 1. The lowest BCUT2D eigenvalue weighted by Crippen LogP contribution is -2.32. The van der Waals surface area contributed by atoms with E-state index in [2.05, 4.69) is 4.98 Å². The molecule has 0 unspecified atom stereocenters. The zero-order chi connectivity index (χ0) is 13.7. The van der Waals surface area contributed by atoms with Gasteiger partial charge in [0.05, 0.1) is 0 Å². The molecular formula is C14H20N2O3. The van der Waals surface area contributed by atoms with Crippen molar-refractivity contribution in [1.29, 1.82) is 0 Å².